The maximum absolute atomic E-state index is 6.96. The van der Waals surface area contributed by atoms with Crippen molar-refractivity contribution >= 4 is 77.1 Å². The van der Waals surface area contributed by atoms with Crippen molar-refractivity contribution in [2.45, 2.75) is 6.42 Å². The number of allylic oxidation sites excluding steroid dienone is 1. The standard InChI is InChI=1S/C52H36N4O/c53-52(54-43(35-17-6-2-7-18-35)30-27-34-15-4-1-5-16-34)36-19-14-22-38(33-36)56-46-32-31-45-48(41-24-10-12-25-44(41)55(45)37-20-8-3-9-21-37)49(46)42-29-28-40-39-23-11-13-26-47(39)57-51(40)50(42)56/h1-26,28-33H,27H2,(H2,53,54)/b43-30-. The molecule has 11 rings (SSSR count). The number of fused-ring (bicyclic) bond motifs is 11. The number of hydrogen-bond donors (Lipinski definition) is 1. The van der Waals surface area contributed by atoms with Crippen LogP contribution in [0.3, 0.4) is 0 Å². The van der Waals surface area contributed by atoms with Gasteiger partial charge in [0.05, 0.1) is 27.8 Å². The molecular formula is C52H36N4O. The minimum atomic E-state index is 0.447. The quantitative estimate of drug-likeness (QED) is 0.131. The molecule has 0 unspecified atom stereocenters. The number of benzene rings is 8. The molecule has 5 nitrogen and oxygen atoms in total. The molecule has 3 heterocycles. The van der Waals surface area contributed by atoms with Gasteiger partial charge in [-0.15, -0.1) is 0 Å². The van der Waals surface area contributed by atoms with Gasteiger partial charge >= 0.3 is 0 Å². The molecule has 0 aliphatic heterocycles. The first-order valence-electron chi connectivity index (χ1n) is 19.3. The van der Waals surface area contributed by atoms with Crippen molar-refractivity contribution in [2.75, 3.05) is 0 Å². The van der Waals surface area contributed by atoms with Gasteiger partial charge in [-0.1, -0.05) is 140 Å². The zero-order valence-corrected chi connectivity index (χ0v) is 31.0. The van der Waals surface area contributed by atoms with Gasteiger partial charge in [0.1, 0.15) is 11.4 Å². The Morgan fingerprint density at radius 1 is 0.509 bits per heavy atom. The molecule has 0 spiro atoms. The lowest BCUT2D eigenvalue weighted by Gasteiger charge is -2.11. The van der Waals surface area contributed by atoms with Crippen LogP contribution in [0.15, 0.2) is 204 Å². The average Bonchev–Trinajstić information content (AvgIpc) is 3.94. The molecule has 0 amide bonds. The highest BCUT2D eigenvalue weighted by Crippen LogP contribution is 2.45. The zero-order valence-electron chi connectivity index (χ0n) is 31.0. The molecule has 5 heteroatoms. The number of nitrogens with zero attached hydrogens (tertiary/aromatic N) is 3. The van der Waals surface area contributed by atoms with Crippen LogP contribution in [-0.4, -0.2) is 15.0 Å². The summed E-state index contributed by atoms with van der Waals surface area (Å²) in [5, 5.41) is 6.89. The summed E-state index contributed by atoms with van der Waals surface area (Å²) < 4.78 is 11.5. The lowest BCUT2D eigenvalue weighted by atomic mass is 10.0. The highest BCUT2D eigenvalue weighted by molar-refractivity contribution is 6.32. The third kappa shape index (κ3) is 5.35. The molecule has 0 aliphatic carbocycles. The van der Waals surface area contributed by atoms with Crippen LogP contribution in [0.4, 0.5) is 0 Å². The van der Waals surface area contributed by atoms with Crippen molar-refractivity contribution in [1.82, 2.24) is 9.13 Å². The van der Waals surface area contributed by atoms with Gasteiger partial charge in [0.15, 0.2) is 5.58 Å². The second-order valence-corrected chi connectivity index (χ2v) is 14.5. The van der Waals surface area contributed by atoms with E-state index in [1.54, 1.807) is 0 Å². The fraction of sp³-hybridized carbons (Fsp3) is 0.0192. The molecule has 11 aromatic rings. The van der Waals surface area contributed by atoms with Gasteiger partial charge in [0.2, 0.25) is 0 Å². The van der Waals surface area contributed by atoms with Gasteiger partial charge in [-0.05, 0) is 72.1 Å². The van der Waals surface area contributed by atoms with E-state index in [1.807, 2.05) is 42.5 Å². The largest absolute Gasteiger partial charge is 0.454 e. The smallest absolute Gasteiger partial charge is 0.160 e. The van der Waals surface area contributed by atoms with Crippen molar-refractivity contribution in [3.8, 4) is 11.4 Å². The molecule has 0 saturated carbocycles. The van der Waals surface area contributed by atoms with Crippen molar-refractivity contribution in [3.63, 3.8) is 0 Å². The molecule has 0 saturated heterocycles. The Labute approximate surface area is 328 Å². The fourth-order valence-corrected chi connectivity index (χ4v) is 8.61. The van der Waals surface area contributed by atoms with Gasteiger partial charge < -0.3 is 19.3 Å². The molecular weight excluding hydrogens is 697 g/mol. The first kappa shape index (κ1) is 32.8. The van der Waals surface area contributed by atoms with E-state index in [4.69, 9.17) is 15.1 Å². The normalized spacial score (nSPS) is 12.6. The highest BCUT2D eigenvalue weighted by Gasteiger charge is 2.24. The number of rotatable bonds is 7. The first-order valence-corrected chi connectivity index (χ1v) is 19.3. The summed E-state index contributed by atoms with van der Waals surface area (Å²) in [5.41, 5.74) is 19.1. The zero-order chi connectivity index (χ0) is 37.9. The molecule has 0 radical (unpaired) electrons. The predicted molar refractivity (Wildman–Crippen MR) is 238 cm³/mol. The molecule has 0 bridgehead atoms. The second-order valence-electron chi connectivity index (χ2n) is 14.5. The van der Waals surface area contributed by atoms with Crippen molar-refractivity contribution < 1.29 is 4.42 Å². The predicted octanol–water partition coefficient (Wildman–Crippen LogP) is 12.8. The minimum Gasteiger partial charge on any atom is -0.454 e. The maximum Gasteiger partial charge on any atom is 0.160 e. The van der Waals surface area contributed by atoms with Gasteiger partial charge in [-0.3, -0.25) is 0 Å². The van der Waals surface area contributed by atoms with Crippen molar-refractivity contribution in [3.05, 3.63) is 211 Å². The van der Waals surface area contributed by atoms with Gasteiger partial charge in [0.25, 0.3) is 0 Å². The van der Waals surface area contributed by atoms with Crippen LogP contribution in [0, 0.1) is 0 Å². The summed E-state index contributed by atoms with van der Waals surface area (Å²) >= 11 is 0. The summed E-state index contributed by atoms with van der Waals surface area (Å²) in [6.45, 7) is 0. The Hall–Kier alpha value is -7.63. The summed E-state index contributed by atoms with van der Waals surface area (Å²) in [6, 6.07) is 65.7. The number of amidine groups is 1. The highest BCUT2D eigenvalue weighted by atomic mass is 16.3. The van der Waals surface area contributed by atoms with E-state index in [1.165, 1.54) is 21.7 Å². The lowest BCUT2D eigenvalue weighted by Crippen LogP contribution is -2.14. The van der Waals surface area contributed by atoms with E-state index >= 15 is 0 Å². The van der Waals surface area contributed by atoms with E-state index in [2.05, 4.69) is 161 Å². The summed E-state index contributed by atoms with van der Waals surface area (Å²) in [4.78, 5) is 5.09. The Bertz CT molecular complexity index is 3370. The number of aliphatic imine (C=N–C) groups is 1. The molecule has 3 aromatic heterocycles. The molecule has 57 heavy (non-hydrogen) atoms. The van der Waals surface area contributed by atoms with Crippen LogP contribution in [0.1, 0.15) is 16.7 Å². The fourth-order valence-electron chi connectivity index (χ4n) is 8.61. The molecule has 0 atom stereocenters. The molecule has 8 aromatic carbocycles. The van der Waals surface area contributed by atoms with Crippen molar-refractivity contribution in [2.24, 2.45) is 10.7 Å². The van der Waals surface area contributed by atoms with Crippen LogP contribution in [0.5, 0.6) is 0 Å². The molecule has 2 N–H and O–H groups in total. The summed E-state index contributed by atoms with van der Waals surface area (Å²) in [6.07, 6.45) is 2.90. The van der Waals surface area contributed by atoms with Gasteiger partial charge in [-0.2, -0.15) is 0 Å². The number of nitrogens with two attached hydrogens (primary N) is 1. The lowest BCUT2D eigenvalue weighted by molar-refractivity contribution is 0.671. The molecule has 270 valence electrons. The molecule has 0 aliphatic rings. The van der Waals surface area contributed by atoms with Crippen LogP contribution in [0.2, 0.25) is 0 Å². The average molecular weight is 733 g/mol. The minimum absolute atomic E-state index is 0.447. The van der Waals surface area contributed by atoms with E-state index in [-0.39, 0.29) is 0 Å². The number of hydrogen-bond acceptors (Lipinski definition) is 2. The molecule has 0 fully saturated rings. The number of para-hydroxylation sites is 3. The van der Waals surface area contributed by atoms with Crippen LogP contribution in [-0.2, 0) is 6.42 Å². The van der Waals surface area contributed by atoms with E-state index in [0.29, 0.717) is 5.84 Å². The van der Waals surface area contributed by atoms with Gasteiger partial charge in [0, 0.05) is 49.3 Å². The Kier molecular flexibility index (Phi) is 7.64. The Balaban J connectivity index is 1.17. The SMILES string of the molecule is NC(=N/C(=C\Cc1ccccc1)c1ccccc1)c1cccc(-n2c3ccc4c(c5ccccc5n4-c4ccccc4)c3c3ccc4c5ccccc5oc4c32)c1. The number of aromatic nitrogens is 2. The van der Waals surface area contributed by atoms with E-state index in [0.717, 1.165) is 84.0 Å². The van der Waals surface area contributed by atoms with Crippen LogP contribution < -0.4 is 5.73 Å². The van der Waals surface area contributed by atoms with Crippen LogP contribution >= 0.6 is 0 Å². The first-order chi connectivity index (χ1) is 28.2. The summed E-state index contributed by atoms with van der Waals surface area (Å²) in [5.74, 6) is 0.447. The van der Waals surface area contributed by atoms with E-state index in [9.17, 15) is 0 Å². The Morgan fingerprint density at radius 2 is 1.12 bits per heavy atom. The third-order valence-corrected chi connectivity index (χ3v) is 11.2. The monoisotopic (exact) mass is 732 g/mol. The van der Waals surface area contributed by atoms with E-state index < -0.39 is 0 Å². The Morgan fingerprint density at radius 3 is 1.93 bits per heavy atom. The number of furan rings is 1. The van der Waals surface area contributed by atoms with Crippen molar-refractivity contribution in [1.29, 1.82) is 0 Å². The third-order valence-electron chi connectivity index (χ3n) is 11.2. The topological polar surface area (TPSA) is 61.4 Å². The summed E-state index contributed by atoms with van der Waals surface area (Å²) in [7, 11) is 0. The van der Waals surface area contributed by atoms with Crippen LogP contribution in [0.25, 0.3) is 82.6 Å². The van der Waals surface area contributed by atoms with Gasteiger partial charge in [-0.25, -0.2) is 4.99 Å². The second kappa shape index (κ2) is 13.3. The maximum atomic E-state index is 6.96.